The van der Waals surface area contributed by atoms with E-state index in [9.17, 15) is 4.39 Å². The van der Waals surface area contributed by atoms with Crippen molar-refractivity contribution in [1.82, 2.24) is 0 Å². The normalized spacial score (nSPS) is 10.9. The number of aliphatic hydroxyl groups is 1. The molecule has 0 radical (unpaired) electrons. The molecule has 0 aliphatic heterocycles. The van der Waals surface area contributed by atoms with Gasteiger partial charge in [0.15, 0.2) is 6.29 Å². The average molecular weight is 258 g/mol. The van der Waals surface area contributed by atoms with E-state index in [1.807, 2.05) is 13.8 Å². The van der Waals surface area contributed by atoms with Gasteiger partial charge in [-0.05, 0) is 31.5 Å². The van der Waals surface area contributed by atoms with E-state index in [-0.39, 0.29) is 13.2 Å². The van der Waals surface area contributed by atoms with Crippen LogP contribution in [0, 0.1) is 5.82 Å². The van der Waals surface area contributed by atoms with Gasteiger partial charge in [-0.15, -0.1) is 0 Å². The molecule has 0 aliphatic rings. The number of hydrogen-bond donors (Lipinski definition) is 1. The molecule has 4 nitrogen and oxygen atoms in total. The number of ether oxygens (including phenoxy) is 3. The maximum atomic E-state index is 13.2. The monoisotopic (exact) mass is 258 g/mol. The summed E-state index contributed by atoms with van der Waals surface area (Å²) >= 11 is 0. The summed E-state index contributed by atoms with van der Waals surface area (Å²) in [6.07, 6.45) is -0.471. The molecule has 1 N–H and O–H groups in total. The average Bonchev–Trinajstić information content (AvgIpc) is 2.36. The first-order valence-electron chi connectivity index (χ1n) is 5.95. The van der Waals surface area contributed by atoms with Crippen molar-refractivity contribution in [2.75, 3.05) is 19.8 Å². The predicted molar refractivity (Wildman–Crippen MR) is 64.9 cm³/mol. The molecule has 0 saturated carbocycles. The zero-order valence-electron chi connectivity index (χ0n) is 10.7. The molecule has 0 amide bonds. The zero-order valence-corrected chi connectivity index (χ0v) is 10.7. The Kier molecular flexibility index (Phi) is 6.64. The van der Waals surface area contributed by atoms with Crippen LogP contribution in [-0.4, -0.2) is 31.2 Å². The molecule has 0 aromatic heterocycles. The van der Waals surface area contributed by atoms with E-state index in [0.717, 1.165) is 0 Å². The number of benzene rings is 1. The van der Waals surface area contributed by atoms with Gasteiger partial charge in [-0.3, -0.25) is 0 Å². The van der Waals surface area contributed by atoms with Crippen molar-refractivity contribution in [3.63, 3.8) is 0 Å². The van der Waals surface area contributed by atoms with Crippen LogP contribution < -0.4 is 4.74 Å². The molecule has 5 heteroatoms. The lowest BCUT2D eigenvalue weighted by Crippen LogP contribution is -2.25. The first-order valence-corrected chi connectivity index (χ1v) is 5.95. The quantitative estimate of drug-likeness (QED) is 0.725. The van der Waals surface area contributed by atoms with E-state index < -0.39 is 12.1 Å². The van der Waals surface area contributed by atoms with Gasteiger partial charge in [0.05, 0.1) is 6.61 Å². The smallest absolute Gasteiger partial charge is 0.191 e. The van der Waals surface area contributed by atoms with Crippen molar-refractivity contribution in [3.8, 4) is 5.75 Å². The summed E-state index contributed by atoms with van der Waals surface area (Å²) in [7, 11) is 0. The standard InChI is InChI=1S/C13H19FO4/c1-3-16-13(17-4-2)9-18-12-6-10(8-15)5-11(14)7-12/h5-7,13,15H,3-4,8-9H2,1-2H3. The van der Waals surface area contributed by atoms with Crippen LogP contribution in [0.4, 0.5) is 4.39 Å². The SMILES string of the molecule is CCOC(COc1cc(F)cc(CO)c1)OCC. The highest BCUT2D eigenvalue weighted by molar-refractivity contribution is 5.29. The fourth-order valence-electron chi connectivity index (χ4n) is 1.48. The lowest BCUT2D eigenvalue weighted by Gasteiger charge is -2.17. The molecule has 18 heavy (non-hydrogen) atoms. The highest BCUT2D eigenvalue weighted by Gasteiger charge is 2.09. The lowest BCUT2D eigenvalue weighted by atomic mass is 10.2. The van der Waals surface area contributed by atoms with Crippen LogP contribution in [0.15, 0.2) is 18.2 Å². The second-order valence-electron chi connectivity index (χ2n) is 3.60. The molecule has 0 saturated heterocycles. The minimum Gasteiger partial charge on any atom is -0.488 e. The Hall–Kier alpha value is -1.17. The molecule has 0 atom stereocenters. The van der Waals surface area contributed by atoms with Gasteiger partial charge in [0.1, 0.15) is 18.2 Å². The van der Waals surface area contributed by atoms with Crippen LogP contribution in [0.25, 0.3) is 0 Å². The Labute approximate surface area is 106 Å². The van der Waals surface area contributed by atoms with Crippen LogP contribution in [0.1, 0.15) is 19.4 Å². The van der Waals surface area contributed by atoms with E-state index in [4.69, 9.17) is 19.3 Å². The zero-order chi connectivity index (χ0) is 13.4. The second-order valence-corrected chi connectivity index (χ2v) is 3.60. The van der Waals surface area contributed by atoms with Crippen LogP contribution >= 0.6 is 0 Å². The summed E-state index contributed by atoms with van der Waals surface area (Å²) < 4.78 is 29.2. The fraction of sp³-hybridized carbons (Fsp3) is 0.538. The van der Waals surface area contributed by atoms with Gasteiger partial charge in [0.25, 0.3) is 0 Å². The highest BCUT2D eigenvalue weighted by atomic mass is 19.1. The first kappa shape index (κ1) is 14.9. The van der Waals surface area contributed by atoms with Gasteiger partial charge < -0.3 is 19.3 Å². The third-order valence-corrected chi connectivity index (χ3v) is 2.20. The van der Waals surface area contributed by atoms with Crippen molar-refractivity contribution in [3.05, 3.63) is 29.6 Å². The van der Waals surface area contributed by atoms with Gasteiger partial charge in [-0.2, -0.15) is 0 Å². The third kappa shape index (κ3) is 5.00. The topological polar surface area (TPSA) is 47.9 Å². The van der Waals surface area contributed by atoms with E-state index in [1.54, 1.807) is 6.07 Å². The molecule has 0 aliphatic carbocycles. The number of halogens is 1. The molecule has 0 unspecified atom stereocenters. The Bertz CT molecular complexity index is 351. The summed E-state index contributed by atoms with van der Waals surface area (Å²) in [5.41, 5.74) is 0.467. The fourth-order valence-corrected chi connectivity index (χ4v) is 1.48. The Morgan fingerprint density at radius 2 is 1.83 bits per heavy atom. The number of rotatable bonds is 8. The Balaban J connectivity index is 2.57. The molecule has 0 heterocycles. The van der Waals surface area contributed by atoms with Gasteiger partial charge in [0.2, 0.25) is 0 Å². The van der Waals surface area contributed by atoms with Crippen molar-refractivity contribution in [1.29, 1.82) is 0 Å². The molecule has 0 bridgehead atoms. The van der Waals surface area contributed by atoms with Crippen molar-refractivity contribution in [2.45, 2.75) is 26.7 Å². The van der Waals surface area contributed by atoms with Gasteiger partial charge in [0, 0.05) is 19.3 Å². The summed E-state index contributed by atoms with van der Waals surface area (Å²) in [6.45, 7) is 4.69. The lowest BCUT2D eigenvalue weighted by molar-refractivity contribution is -0.152. The highest BCUT2D eigenvalue weighted by Crippen LogP contribution is 2.17. The maximum Gasteiger partial charge on any atom is 0.191 e. The van der Waals surface area contributed by atoms with E-state index in [1.165, 1.54) is 12.1 Å². The summed E-state index contributed by atoms with van der Waals surface area (Å²) in [6, 6.07) is 4.10. The second kappa shape index (κ2) is 8.02. The maximum absolute atomic E-state index is 13.2. The molecule has 1 aromatic carbocycles. The molecule has 0 spiro atoms. The molecule has 1 rings (SSSR count). The van der Waals surface area contributed by atoms with E-state index in [2.05, 4.69) is 0 Å². The van der Waals surface area contributed by atoms with Crippen LogP contribution in [0.2, 0.25) is 0 Å². The largest absolute Gasteiger partial charge is 0.488 e. The molecular formula is C13H19FO4. The van der Waals surface area contributed by atoms with E-state index in [0.29, 0.717) is 24.5 Å². The summed E-state index contributed by atoms with van der Waals surface area (Å²) in [4.78, 5) is 0. The predicted octanol–water partition coefficient (Wildman–Crippen LogP) is 2.10. The van der Waals surface area contributed by atoms with Crippen molar-refractivity contribution < 1.29 is 23.7 Å². The Morgan fingerprint density at radius 1 is 1.17 bits per heavy atom. The van der Waals surface area contributed by atoms with E-state index >= 15 is 0 Å². The molecule has 1 aromatic rings. The molecule has 0 fully saturated rings. The first-order chi connectivity index (χ1) is 8.69. The van der Waals surface area contributed by atoms with Crippen molar-refractivity contribution >= 4 is 0 Å². The number of hydrogen-bond acceptors (Lipinski definition) is 4. The van der Waals surface area contributed by atoms with Gasteiger partial charge in [-0.25, -0.2) is 4.39 Å². The van der Waals surface area contributed by atoms with Crippen LogP contribution in [-0.2, 0) is 16.1 Å². The summed E-state index contributed by atoms with van der Waals surface area (Å²) in [5, 5.41) is 8.96. The minimum absolute atomic E-state index is 0.177. The van der Waals surface area contributed by atoms with Crippen LogP contribution in [0.3, 0.4) is 0 Å². The Morgan fingerprint density at radius 3 is 2.39 bits per heavy atom. The molecule has 102 valence electrons. The van der Waals surface area contributed by atoms with Gasteiger partial charge >= 0.3 is 0 Å². The van der Waals surface area contributed by atoms with Crippen LogP contribution in [0.5, 0.6) is 5.75 Å². The summed E-state index contributed by atoms with van der Waals surface area (Å²) in [5.74, 6) is -0.0932. The molecular weight excluding hydrogens is 239 g/mol. The minimum atomic E-state index is -0.471. The third-order valence-electron chi connectivity index (χ3n) is 2.20. The number of aliphatic hydroxyl groups excluding tert-OH is 1. The van der Waals surface area contributed by atoms with Gasteiger partial charge in [-0.1, -0.05) is 0 Å². The van der Waals surface area contributed by atoms with Crippen molar-refractivity contribution in [2.24, 2.45) is 0 Å².